The summed E-state index contributed by atoms with van der Waals surface area (Å²) in [6.07, 6.45) is 2.17. The molecule has 3 nitrogen and oxygen atoms in total. The summed E-state index contributed by atoms with van der Waals surface area (Å²) in [6, 6.07) is 4.83. The normalized spacial score (nSPS) is 19.3. The van der Waals surface area contributed by atoms with Crippen molar-refractivity contribution in [3.63, 3.8) is 0 Å². The second kappa shape index (κ2) is 5.71. The first kappa shape index (κ1) is 12.7. The SMILES string of the molecule is O=C(NCC1CCCO1)c1cc(Cl)ccc1Cl. The van der Waals surface area contributed by atoms with Crippen LogP contribution in [0.25, 0.3) is 0 Å². The van der Waals surface area contributed by atoms with Gasteiger partial charge < -0.3 is 10.1 Å². The first-order valence-corrected chi connectivity index (χ1v) is 6.27. The molecule has 1 amide bonds. The van der Waals surface area contributed by atoms with Gasteiger partial charge in [-0.1, -0.05) is 23.2 Å². The average molecular weight is 274 g/mol. The molecule has 1 aromatic carbocycles. The summed E-state index contributed by atoms with van der Waals surface area (Å²) in [5, 5.41) is 3.70. The van der Waals surface area contributed by atoms with Gasteiger partial charge in [-0.15, -0.1) is 0 Å². The lowest BCUT2D eigenvalue weighted by atomic mass is 10.2. The largest absolute Gasteiger partial charge is 0.376 e. The van der Waals surface area contributed by atoms with E-state index in [1.807, 2.05) is 0 Å². The zero-order valence-corrected chi connectivity index (χ0v) is 10.7. The molecule has 0 saturated carbocycles. The number of carbonyl (C=O) groups is 1. The molecular weight excluding hydrogens is 261 g/mol. The van der Waals surface area contributed by atoms with Crippen LogP contribution in [0, 0.1) is 0 Å². The summed E-state index contributed by atoms with van der Waals surface area (Å²) in [4.78, 5) is 11.9. The van der Waals surface area contributed by atoms with E-state index in [9.17, 15) is 4.79 Å². The molecule has 92 valence electrons. The molecule has 1 fully saturated rings. The molecule has 0 radical (unpaired) electrons. The van der Waals surface area contributed by atoms with Crippen LogP contribution in [0.3, 0.4) is 0 Å². The maximum atomic E-state index is 11.9. The molecule has 1 saturated heterocycles. The molecule has 1 aliphatic rings. The number of carbonyl (C=O) groups excluding carboxylic acids is 1. The molecular formula is C12H13Cl2NO2. The van der Waals surface area contributed by atoms with Gasteiger partial charge in [0.1, 0.15) is 0 Å². The summed E-state index contributed by atoms with van der Waals surface area (Å²) in [6.45, 7) is 1.29. The highest BCUT2D eigenvalue weighted by Crippen LogP contribution is 2.20. The fraction of sp³-hybridized carbons (Fsp3) is 0.417. The number of amides is 1. The molecule has 1 heterocycles. The fourth-order valence-corrected chi connectivity index (χ4v) is 2.15. The minimum absolute atomic E-state index is 0.122. The minimum Gasteiger partial charge on any atom is -0.376 e. The van der Waals surface area contributed by atoms with Gasteiger partial charge in [0.25, 0.3) is 5.91 Å². The van der Waals surface area contributed by atoms with Crippen molar-refractivity contribution in [2.75, 3.05) is 13.2 Å². The Hall–Kier alpha value is -0.770. The molecule has 1 atom stereocenters. The van der Waals surface area contributed by atoms with Crippen LogP contribution in [0.15, 0.2) is 18.2 Å². The van der Waals surface area contributed by atoms with Gasteiger partial charge in [0, 0.05) is 18.2 Å². The van der Waals surface area contributed by atoms with E-state index in [2.05, 4.69) is 5.32 Å². The highest BCUT2D eigenvalue weighted by molar-refractivity contribution is 6.35. The number of hydrogen-bond acceptors (Lipinski definition) is 2. The average Bonchev–Trinajstić information content (AvgIpc) is 2.82. The van der Waals surface area contributed by atoms with Crippen molar-refractivity contribution in [3.05, 3.63) is 33.8 Å². The number of benzene rings is 1. The quantitative estimate of drug-likeness (QED) is 0.920. The van der Waals surface area contributed by atoms with E-state index in [4.69, 9.17) is 27.9 Å². The third-order valence-electron chi connectivity index (χ3n) is 2.69. The number of halogens is 2. The zero-order valence-electron chi connectivity index (χ0n) is 9.21. The second-order valence-corrected chi connectivity index (χ2v) is 4.81. The van der Waals surface area contributed by atoms with E-state index in [0.717, 1.165) is 19.4 Å². The summed E-state index contributed by atoms with van der Waals surface area (Å²) in [7, 11) is 0. The Bertz CT molecular complexity index is 417. The van der Waals surface area contributed by atoms with Crippen LogP contribution in [0.2, 0.25) is 10.0 Å². The summed E-state index contributed by atoms with van der Waals surface area (Å²) in [5.74, 6) is -0.215. The Morgan fingerprint density at radius 1 is 1.47 bits per heavy atom. The predicted octanol–water partition coefficient (Wildman–Crippen LogP) is 2.90. The number of nitrogens with one attached hydrogen (secondary N) is 1. The first-order chi connectivity index (χ1) is 8.16. The molecule has 0 spiro atoms. The summed E-state index contributed by atoms with van der Waals surface area (Å²) < 4.78 is 5.42. The van der Waals surface area contributed by atoms with Crippen LogP contribution >= 0.6 is 23.2 Å². The van der Waals surface area contributed by atoms with Crippen LogP contribution < -0.4 is 5.32 Å². The van der Waals surface area contributed by atoms with Gasteiger partial charge in [0.15, 0.2) is 0 Å². The smallest absolute Gasteiger partial charge is 0.252 e. The maximum Gasteiger partial charge on any atom is 0.252 e. The van der Waals surface area contributed by atoms with E-state index in [-0.39, 0.29) is 12.0 Å². The van der Waals surface area contributed by atoms with Crippen LogP contribution in [0.5, 0.6) is 0 Å². The number of hydrogen-bond donors (Lipinski definition) is 1. The van der Waals surface area contributed by atoms with Crippen LogP contribution in [0.1, 0.15) is 23.2 Å². The first-order valence-electron chi connectivity index (χ1n) is 5.51. The molecule has 1 aliphatic heterocycles. The predicted molar refractivity (Wildman–Crippen MR) is 67.8 cm³/mol. The molecule has 1 unspecified atom stereocenters. The molecule has 1 N–H and O–H groups in total. The van der Waals surface area contributed by atoms with Crippen molar-refractivity contribution in [2.45, 2.75) is 18.9 Å². The molecule has 17 heavy (non-hydrogen) atoms. The molecule has 1 aromatic rings. The summed E-state index contributed by atoms with van der Waals surface area (Å²) >= 11 is 11.8. The number of ether oxygens (including phenoxy) is 1. The topological polar surface area (TPSA) is 38.3 Å². The fourth-order valence-electron chi connectivity index (χ4n) is 1.78. The molecule has 2 rings (SSSR count). The Labute approximate surface area is 110 Å². The third kappa shape index (κ3) is 3.35. The molecule has 0 aliphatic carbocycles. The Morgan fingerprint density at radius 2 is 2.29 bits per heavy atom. The van der Waals surface area contributed by atoms with E-state index in [0.29, 0.717) is 22.2 Å². The van der Waals surface area contributed by atoms with Gasteiger partial charge in [0.2, 0.25) is 0 Å². The van der Waals surface area contributed by atoms with Crippen molar-refractivity contribution < 1.29 is 9.53 Å². The van der Waals surface area contributed by atoms with Gasteiger partial charge in [-0.2, -0.15) is 0 Å². The van der Waals surface area contributed by atoms with Crippen molar-refractivity contribution in [2.24, 2.45) is 0 Å². The Kier molecular flexibility index (Phi) is 4.26. The van der Waals surface area contributed by atoms with Crippen LogP contribution in [0.4, 0.5) is 0 Å². The van der Waals surface area contributed by atoms with Gasteiger partial charge in [0.05, 0.1) is 16.7 Å². The lowest BCUT2D eigenvalue weighted by molar-refractivity contribution is 0.0858. The van der Waals surface area contributed by atoms with Crippen LogP contribution in [-0.4, -0.2) is 25.2 Å². The lowest BCUT2D eigenvalue weighted by Crippen LogP contribution is -2.31. The van der Waals surface area contributed by atoms with Gasteiger partial charge in [-0.05, 0) is 31.0 Å². The van der Waals surface area contributed by atoms with Crippen molar-refractivity contribution in [3.8, 4) is 0 Å². The highest BCUT2D eigenvalue weighted by Gasteiger charge is 2.17. The minimum atomic E-state index is -0.215. The molecule has 0 bridgehead atoms. The molecule has 0 aromatic heterocycles. The van der Waals surface area contributed by atoms with Crippen molar-refractivity contribution in [1.82, 2.24) is 5.32 Å². The second-order valence-electron chi connectivity index (χ2n) is 3.97. The maximum absolute atomic E-state index is 11.9. The third-order valence-corrected chi connectivity index (χ3v) is 3.25. The van der Waals surface area contributed by atoms with Crippen LogP contribution in [-0.2, 0) is 4.74 Å². The van der Waals surface area contributed by atoms with Gasteiger partial charge in [-0.3, -0.25) is 4.79 Å². The van der Waals surface area contributed by atoms with Gasteiger partial charge >= 0.3 is 0 Å². The van der Waals surface area contributed by atoms with Gasteiger partial charge in [-0.25, -0.2) is 0 Å². The monoisotopic (exact) mass is 273 g/mol. The molecule has 5 heteroatoms. The van der Waals surface area contributed by atoms with E-state index >= 15 is 0 Å². The zero-order chi connectivity index (χ0) is 12.3. The summed E-state index contributed by atoms with van der Waals surface area (Å²) in [5.41, 5.74) is 0.400. The highest BCUT2D eigenvalue weighted by atomic mass is 35.5. The Balaban J connectivity index is 1.96. The lowest BCUT2D eigenvalue weighted by Gasteiger charge is -2.11. The van der Waals surface area contributed by atoms with E-state index < -0.39 is 0 Å². The van der Waals surface area contributed by atoms with Crippen molar-refractivity contribution in [1.29, 1.82) is 0 Å². The van der Waals surface area contributed by atoms with Crippen molar-refractivity contribution >= 4 is 29.1 Å². The Morgan fingerprint density at radius 3 is 3.00 bits per heavy atom. The van der Waals surface area contributed by atoms with E-state index in [1.54, 1.807) is 18.2 Å². The standard InChI is InChI=1S/C12H13Cl2NO2/c13-8-3-4-11(14)10(6-8)12(16)15-7-9-2-1-5-17-9/h3-4,6,9H,1-2,5,7H2,(H,15,16). The number of rotatable bonds is 3. The van der Waals surface area contributed by atoms with E-state index in [1.165, 1.54) is 0 Å².